The molecule has 5 nitrogen and oxygen atoms in total. The molecule has 0 fully saturated rings. The maximum absolute atomic E-state index is 13.0. The lowest BCUT2D eigenvalue weighted by Gasteiger charge is -2.11. The molecule has 0 N–H and O–H groups in total. The molecule has 0 aliphatic carbocycles. The molecule has 0 aliphatic rings. The molecule has 156 valence electrons. The Balaban J connectivity index is 1.56. The largest absolute Gasteiger partial charge is 0.497 e. The van der Waals surface area contributed by atoms with Crippen LogP contribution in [-0.4, -0.2) is 7.11 Å². The van der Waals surface area contributed by atoms with Crippen LogP contribution in [0.1, 0.15) is 16.9 Å². The van der Waals surface area contributed by atoms with Gasteiger partial charge in [0.2, 0.25) is 11.2 Å². The van der Waals surface area contributed by atoms with Gasteiger partial charge in [0.1, 0.15) is 35.2 Å². The highest BCUT2D eigenvalue weighted by molar-refractivity contribution is 5.79. The average molecular weight is 414 g/mol. The first-order chi connectivity index (χ1) is 15.1. The summed E-state index contributed by atoms with van der Waals surface area (Å²) in [5, 5.41) is 0.428. The zero-order valence-electron chi connectivity index (χ0n) is 17.4. The SMILES string of the molecule is C=Cc1ccc(COc2ccc3c(=O)c(Oc4ccc(OC)cc4)c(C)oc3c2)cc1. The van der Waals surface area contributed by atoms with Gasteiger partial charge >= 0.3 is 0 Å². The van der Waals surface area contributed by atoms with Crippen LogP contribution in [0.25, 0.3) is 17.0 Å². The van der Waals surface area contributed by atoms with Gasteiger partial charge < -0.3 is 18.6 Å². The third-order valence-corrected chi connectivity index (χ3v) is 4.89. The van der Waals surface area contributed by atoms with Gasteiger partial charge in [-0.2, -0.15) is 0 Å². The van der Waals surface area contributed by atoms with Gasteiger partial charge in [-0.05, 0) is 54.4 Å². The number of ether oxygens (including phenoxy) is 3. The van der Waals surface area contributed by atoms with E-state index in [1.165, 1.54) is 0 Å². The van der Waals surface area contributed by atoms with Crippen LogP contribution in [0.5, 0.6) is 23.0 Å². The van der Waals surface area contributed by atoms with Gasteiger partial charge in [0.15, 0.2) is 0 Å². The lowest BCUT2D eigenvalue weighted by atomic mass is 10.1. The van der Waals surface area contributed by atoms with Crippen LogP contribution in [0.4, 0.5) is 0 Å². The predicted molar refractivity (Wildman–Crippen MR) is 121 cm³/mol. The van der Waals surface area contributed by atoms with Gasteiger partial charge in [-0.3, -0.25) is 4.79 Å². The first-order valence-electron chi connectivity index (χ1n) is 9.81. The number of hydrogen-bond donors (Lipinski definition) is 0. The molecule has 1 aromatic heterocycles. The van der Waals surface area contributed by atoms with Crippen molar-refractivity contribution in [2.45, 2.75) is 13.5 Å². The van der Waals surface area contributed by atoms with Gasteiger partial charge in [0.05, 0.1) is 12.5 Å². The Hall–Kier alpha value is -3.99. The van der Waals surface area contributed by atoms with Gasteiger partial charge in [0.25, 0.3) is 0 Å². The van der Waals surface area contributed by atoms with Crippen molar-refractivity contribution in [3.8, 4) is 23.0 Å². The molecule has 0 saturated carbocycles. The summed E-state index contributed by atoms with van der Waals surface area (Å²) in [5.41, 5.74) is 2.30. The second kappa shape index (κ2) is 8.79. The lowest BCUT2D eigenvalue weighted by molar-refractivity contribution is 0.306. The molecular weight excluding hydrogens is 392 g/mol. The molecule has 0 saturated heterocycles. The number of hydrogen-bond acceptors (Lipinski definition) is 5. The summed E-state index contributed by atoms with van der Waals surface area (Å²) in [7, 11) is 1.59. The third kappa shape index (κ3) is 4.46. The monoisotopic (exact) mass is 414 g/mol. The molecule has 3 aromatic carbocycles. The van der Waals surface area contributed by atoms with E-state index in [2.05, 4.69) is 6.58 Å². The maximum atomic E-state index is 13.0. The Morgan fingerprint density at radius 1 is 0.935 bits per heavy atom. The van der Waals surface area contributed by atoms with Crippen molar-refractivity contribution in [2.24, 2.45) is 0 Å². The molecule has 4 aromatic rings. The maximum Gasteiger partial charge on any atom is 0.235 e. The molecule has 0 spiro atoms. The van der Waals surface area contributed by atoms with Crippen molar-refractivity contribution in [1.82, 2.24) is 0 Å². The van der Waals surface area contributed by atoms with E-state index in [1.807, 2.05) is 24.3 Å². The fraction of sp³-hybridized carbons (Fsp3) is 0.115. The number of rotatable bonds is 7. The first kappa shape index (κ1) is 20.3. The van der Waals surface area contributed by atoms with E-state index < -0.39 is 0 Å². The van der Waals surface area contributed by atoms with Crippen molar-refractivity contribution in [2.75, 3.05) is 7.11 Å². The van der Waals surface area contributed by atoms with E-state index in [0.717, 1.165) is 11.1 Å². The van der Waals surface area contributed by atoms with E-state index in [-0.39, 0.29) is 11.2 Å². The normalized spacial score (nSPS) is 10.6. The average Bonchev–Trinajstić information content (AvgIpc) is 2.81. The Bertz CT molecular complexity index is 1270. The highest BCUT2D eigenvalue weighted by atomic mass is 16.5. The summed E-state index contributed by atoms with van der Waals surface area (Å²) < 4.78 is 22.7. The molecular formula is C26H22O5. The quantitative estimate of drug-likeness (QED) is 0.364. The zero-order valence-corrected chi connectivity index (χ0v) is 17.4. The van der Waals surface area contributed by atoms with Gasteiger partial charge in [-0.25, -0.2) is 0 Å². The van der Waals surface area contributed by atoms with Gasteiger partial charge in [-0.1, -0.05) is 36.9 Å². The molecule has 0 bridgehead atoms. The van der Waals surface area contributed by atoms with E-state index in [9.17, 15) is 4.79 Å². The summed E-state index contributed by atoms with van der Waals surface area (Å²) in [6, 6.07) is 20.1. The Morgan fingerprint density at radius 3 is 2.29 bits per heavy atom. The Labute approximate surface area is 180 Å². The van der Waals surface area contributed by atoms with Crippen LogP contribution in [0, 0.1) is 6.92 Å². The second-order valence-corrected chi connectivity index (χ2v) is 6.99. The lowest BCUT2D eigenvalue weighted by Crippen LogP contribution is -2.07. The van der Waals surface area contributed by atoms with Crippen molar-refractivity contribution >= 4 is 17.0 Å². The molecule has 0 radical (unpaired) electrons. The van der Waals surface area contributed by atoms with Gasteiger partial charge in [0, 0.05) is 6.07 Å². The summed E-state index contributed by atoms with van der Waals surface area (Å²) in [6.07, 6.45) is 1.80. The van der Waals surface area contributed by atoms with E-state index in [1.54, 1.807) is 62.6 Å². The van der Waals surface area contributed by atoms with Crippen LogP contribution >= 0.6 is 0 Å². The van der Waals surface area contributed by atoms with Crippen molar-refractivity contribution in [3.05, 3.63) is 100 Å². The first-order valence-corrected chi connectivity index (χ1v) is 9.81. The minimum absolute atomic E-state index is 0.161. The third-order valence-electron chi connectivity index (χ3n) is 4.89. The molecule has 5 heteroatoms. The van der Waals surface area contributed by atoms with E-state index in [4.69, 9.17) is 18.6 Å². The zero-order chi connectivity index (χ0) is 21.8. The molecule has 1 heterocycles. The summed E-state index contributed by atoms with van der Waals surface area (Å²) in [4.78, 5) is 13.0. The van der Waals surface area contributed by atoms with Crippen molar-refractivity contribution in [3.63, 3.8) is 0 Å². The number of fused-ring (bicyclic) bond motifs is 1. The van der Waals surface area contributed by atoms with E-state index in [0.29, 0.717) is 40.6 Å². The van der Waals surface area contributed by atoms with Crippen LogP contribution in [0.2, 0.25) is 0 Å². The van der Waals surface area contributed by atoms with Crippen LogP contribution in [0.15, 0.2) is 82.5 Å². The highest BCUT2D eigenvalue weighted by Crippen LogP contribution is 2.28. The summed E-state index contributed by atoms with van der Waals surface area (Å²) in [6.45, 7) is 5.86. The summed E-state index contributed by atoms with van der Waals surface area (Å²) in [5.74, 6) is 2.41. The predicted octanol–water partition coefficient (Wildman–Crippen LogP) is 6.12. The van der Waals surface area contributed by atoms with Crippen LogP contribution < -0.4 is 19.6 Å². The minimum Gasteiger partial charge on any atom is -0.497 e. The second-order valence-electron chi connectivity index (χ2n) is 6.99. The number of benzene rings is 3. The van der Waals surface area contributed by atoms with Crippen molar-refractivity contribution in [1.29, 1.82) is 0 Å². The van der Waals surface area contributed by atoms with Crippen LogP contribution in [0.3, 0.4) is 0 Å². The Morgan fingerprint density at radius 2 is 1.61 bits per heavy atom. The standard InChI is InChI=1S/C26H22O5/c1-4-18-5-7-19(8-6-18)16-29-22-13-14-23-24(15-22)30-17(2)26(25(23)27)31-21-11-9-20(28-3)10-12-21/h4-15H,1,16H2,2-3H3. The molecule has 0 unspecified atom stereocenters. The fourth-order valence-electron chi connectivity index (χ4n) is 3.15. The van der Waals surface area contributed by atoms with Crippen molar-refractivity contribution < 1.29 is 18.6 Å². The fourth-order valence-corrected chi connectivity index (χ4v) is 3.15. The molecule has 0 amide bonds. The van der Waals surface area contributed by atoms with E-state index >= 15 is 0 Å². The minimum atomic E-state index is -0.235. The highest BCUT2D eigenvalue weighted by Gasteiger charge is 2.15. The van der Waals surface area contributed by atoms with Gasteiger partial charge in [-0.15, -0.1) is 0 Å². The van der Waals surface area contributed by atoms with Crippen LogP contribution in [-0.2, 0) is 6.61 Å². The molecule has 4 rings (SSSR count). The Kier molecular flexibility index (Phi) is 5.76. The topological polar surface area (TPSA) is 57.9 Å². The molecule has 31 heavy (non-hydrogen) atoms. The number of aryl methyl sites for hydroxylation is 1. The smallest absolute Gasteiger partial charge is 0.235 e. The number of methoxy groups -OCH3 is 1. The summed E-state index contributed by atoms with van der Waals surface area (Å²) >= 11 is 0. The molecule has 0 aliphatic heterocycles. The molecule has 0 atom stereocenters.